The molecule has 1 atom stereocenters. The normalized spacial score (nSPS) is 13.7. The van der Waals surface area contributed by atoms with Crippen LogP contribution in [0.1, 0.15) is 6.92 Å². The number of hydrogen-bond acceptors (Lipinski definition) is 5. The van der Waals surface area contributed by atoms with Crippen molar-refractivity contribution in [2.45, 2.75) is 19.3 Å². The number of nitrogens with zero attached hydrogens (tertiary/aromatic N) is 1. The maximum atomic E-state index is 5.19. The van der Waals surface area contributed by atoms with Gasteiger partial charge in [0.05, 0.1) is 13.2 Å². The summed E-state index contributed by atoms with van der Waals surface area (Å²) in [5.41, 5.74) is 0. The highest BCUT2D eigenvalue weighted by atomic mass is 16.7. The fourth-order valence-electron chi connectivity index (χ4n) is 1.48. The lowest BCUT2D eigenvalue weighted by atomic mass is 10.3. The number of rotatable bonds is 10. The zero-order valence-corrected chi connectivity index (χ0v) is 11.1. The number of methoxy groups -OCH3 is 4. The summed E-state index contributed by atoms with van der Waals surface area (Å²) in [6.45, 7) is 5.03. The molecule has 16 heavy (non-hydrogen) atoms. The van der Waals surface area contributed by atoms with E-state index in [-0.39, 0.29) is 6.29 Å². The van der Waals surface area contributed by atoms with Gasteiger partial charge < -0.3 is 18.9 Å². The molecule has 0 aromatic carbocycles. The summed E-state index contributed by atoms with van der Waals surface area (Å²) in [5.74, 6) is 0. The van der Waals surface area contributed by atoms with Crippen LogP contribution in [-0.4, -0.2) is 72.0 Å². The van der Waals surface area contributed by atoms with Gasteiger partial charge in [0.1, 0.15) is 0 Å². The van der Waals surface area contributed by atoms with Gasteiger partial charge in [0.25, 0.3) is 0 Å². The molecule has 98 valence electrons. The van der Waals surface area contributed by atoms with Gasteiger partial charge >= 0.3 is 0 Å². The molecule has 0 aromatic heterocycles. The van der Waals surface area contributed by atoms with Crippen molar-refractivity contribution >= 4 is 0 Å². The second kappa shape index (κ2) is 9.99. The first kappa shape index (κ1) is 15.8. The van der Waals surface area contributed by atoms with Gasteiger partial charge in [0, 0.05) is 47.6 Å². The molecular weight excluding hydrogens is 210 g/mol. The SMILES string of the molecule is COCCN(CC(OC)OC)C(C)COC. The molecule has 0 aromatic rings. The molecule has 0 heterocycles. The lowest BCUT2D eigenvalue weighted by Gasteiger charge is -2.30. The first-order valence-electron chi connectivity index (χ1n) is 5.47. The molecule has 0 bridgehead atoms. The van der Waals surface area contributed by atoms with E-state index >= 15 is 0 Å². The minimum atomic E-state index is -0.212. The Balaban J connectivity index is 4.16. The molecule has 0 amide bonds. The van der Waals surface area contributed by atoms with Crippen LogP contribution in [0.15, 0.2) is 0 Å². The van der Waals surface area contributed by atoms with E-state index in [0.29, 0.717) is 25.8 Å². The molecule has 0 aliphatic heterocycles. The zero-order valence-electron chi connectivity index (χ0n) is 11.1. The van der Waals surface area contributed by atoms with E-state index in [1.165, 1.54) is 0 Å². The van der Waals surface area contributed by atoms with E-state index in [0.717, 1.165) is 6.54 Å². The summed E-state index contributed by atoms with van der Waals surface area (Å²) in [5, 5.41) is 0. The smallest absolute Gasteiger partial charge is 0.169 e. The maximum absolute atomic E-state index is 5.19. The van der Waals surface area contributed by atoms with Crippen molar-refractivity contribution in [3.8, 4) is 0 Å². The fourth-order valence-corrected chi connectivity index (χ4v) is 1.48. The molecule has 0 aliphatic rings. The molecule has 0 radical (unpaired) electrons. The molecule has 0 saturated heterocycles. The summed E-state index contributed by atoms with van der Waals surface area (Å²) in [7, 11) is 6.69. The van der Waals surface area contributed by atoms with Crippen LogP contribution in [0.5, 0.6) is 0 Å². The van der Waals surface area contributed by atoms with Crippen LogP contribution in [-0.2, 0) is 18.9 Å². The fraction of sp³-hybridized carbons (Fsp3) is 1.00. The monoisotopic (exact) mass is 235 g/mol. The summed E-state index contributed by atoms with van der Waals surface area (Å²) < 4.78 is 20.6. The average molecular weight is 235 g/mol. The van der Waals surface area contributed by atoms with E-state index in [9.17, 15) is 0 Å². The Hall–Kier alpha value is -0.200. The highest BCUT2D eigenvalue weighted by Crippen LogP contribution is 2.04. The Morgan fingerprint density at radius 1 is 1.00 bits per heavy atom. The Morgan fingerprint density at radius 3 is 2.06 bits per heavy atom. The minimum Gasteiger partial charge on any atom is -0.383 e. The van der Waals surface area contributed by atoms with Gasteiger partial charge in [-0.05, 0) is 6.92 Å². The molecule has 0 rings (SSSR count). The summed E-state index contributed by atoms with van der Waals surface area (Å²) in [4.78, 5) is 2.23. The summed E-state index contributed by atoms with van der Waals surface area (Å²) in [6.07, 6.45) is -0.212. The van der Waals surface area contributed by atoms with Crippen molar-refractivity contribution in [1.82, 2.24) is 4.90 Å². The molecule has 0 N–H and O–H groups in total. The van der Waals surface area contributed by atoms with Crippen molar-refractivity contribution in [3.63, 3.8) is 0 Å². The van der Waals surface area contributed by atoms with Crippen molar-refractivity contribution < 1.29 is 18.9 Å². The van der Waals surface area contributed by atoms with E-state index in [1.807, 2.05) is 0 Å². The maximum Gasteiger partial charge on any atom is 0.169 e. The summed E-state index contributed by atoms with van der Waals surface area (Å²) in [6, 6.07) is 0.313. The second-order valence-electron chi connectivity index (χ2n) is 3.69. The van der Waals surface area contributed by atoms with Crippen LogP contribution in [0.3, 0.4) is 0 Å². The lowest BCUT2D eigenvalue weighted by Crippen LogP contribution is -2.44. The summed E-state index contributed by atoms with van der Waals surface area (Å²) >= 11 is 0. The van der Waals surface area contributed by atoms with Crippen molar-refractivity contribution in [2.24, 2.45) is 0 Å². The third kappa shape index (κ3) is 6.40. The van der Waals surface area contributed by atoms with Gasteiger partial charge in [-0.25, -0.2) is 0 Å². The Kier molecular flexibility index (Phi) is 9.86. The van der Waals surface area contributed by atoms with Gasteiger partial charge in [-0.2, -0.15) is 0 Å². The minimum absolute atomic E-state index is 0.212. The topological polar surface area (TPSA) is 40.2 Å². The van der Waals surface area contributed by atoms with Gasteiger partial charge in [-0.1, -0.05) is 0 Å². The van der Waals surface area contributed by atoms with Crippen LogP contribution < -0.4 is 0 Å². The highest BCUT2D eigenvalue weighted by molar-refractivity contribution is 4.68. The van der Waals surface area contributed by atoms with Crippen LogP contribution in [0.2, 0.25) is 0 Å². The zero-order chi connectivity index (χ0) is 12.4. The molecule has 0 saturated carbocycles. The van der Waals surface area contributed by atoms with Crippen LogP contribution >= 0.6 is 0 Å². The molecular formula is C11H25NO4. The molecule has 1 unspecified atom stereocenters. The standard InChI is InChI=1S/C11H25NO4/c1-10(9-14-3)12(6-7-13-2)8-11(15-4)16-5/h10-11H,6-9H2,1-5H3. The van der Waals surface area contributed by atoms with E-state index in [2.05, 4.69) is 11.8 Å². The molecule has 0 spiro atoms. The van der Waals surface area contributed by atoms with Gasteiger partial charge in [0.2, 0.25) is 0 Å². The van der Waals surface area contributed by atoms with Crippen molar-refractivity contribution in [3.05, 3.63) is 0 Å². The third-order valence-electron chi connectivity index (χ3n) is 2.52. The first-order chi connectivity index (χ1) is 7.69. The molecule has 5 heteroatoms. The van der Waals surface area contributed by atoms with E-state index in [1.54, 1.807) is 28.4 Å². The van der Waals surface area contributed by atoms with Crippen molar-refractivity contribution in [2.75, 3.05) is 54.7 Å². The quantitative estimate of drug-likeness (QED) is 0.518. The van der Waals surface area contributed by atoms with Crippen LogP contribution in [0.4, 0.5) is 0 Å². The van der Waals surface area contributed by atoms with E-state index < -0.39 is 0 Å². The molecule has 0 fully saturated rings. The second-order valence-corrected chi connectivity index (χ2v) is 3.69. The highest BCUT2D eigenvalue weighted by Gasteiger charge is 2.18. The third-order valence-corrected chi connectivity index (χ3v) is 2.52. The Morgan fingerprint density at radius 2 is 1.62 bits per heavy atom. The number of hydrogen-bond donors (Lipinski definition) is 0. The molecule has 5 nitrogen and oxygen atoms in total. The van der Waals surface area contributed by atoms with Gasteiger partial charge in [-0.3, -0.25) is 4.90 Å². The van der Waals surface area contributed by atoms with Gasteiger partial charge in [0.15, 0.2) is 6.29 Å². The molecule has 0 aliphatic carbocycles. The number of ether oxygens (including phenoxy) is 4. The predicted octanol–water partition coefficient (Wildman–Crippen LogP) is 0.589. The van der Waals surface area contributed by atoms with E-state index in [4.69, 9.17) is 18.9 Å². The van der Waals surface area contributed by atoms with Crippen LogP contribution in [0.25, 0.3) is 0 Å². The van der Waals surface area contributed by atoms with Crippen LogP contribution in [0, 0.1) is 0 Å². The van der Waals surface area contributed by atoms with Gasteiger partial charge in [-0.15, -0.1) is 0 Å². The largest absolute Gasteiger partial charge is 0.383 e. The first-order valence-corrected chi connectivity index (χ1v) is 5.47. The lowest BCUT2D eigenvalue weighted by molar-refractivity contribution is -0.123. The Bertz CT molecular complexity index is 153. The average Bonchev–Trinajstić information content (AvgIpc) is 2.30. The predicted molar refractivity (Wildman–Crippen MR) is 62.6 cm³/mol. The van der Waals surface area contributed by atoms with Crippen molar-refractivity contribution in [1.29, 1.82) is 0 Å². The Labute approximate surface area is 98.6 Å².